The number of hydrogen-bond acceptors (Lipinski definition) is 3. The summed E-state index contributed by atoms with van der Waals surface area (Å²) in [7, 11) is 0. The van der Waals surface area contributed by atoms with E-state index in [1.165, 1.54) is 93.7 Å². The second kappa shape index (κ2) is 14.1. The zero-order valence-electron chi connectivity index (χ0n) is 21.8. The van der Waals surface area contributed by atoms with Crippen molar-refractivity contribution in [1.82, 2.24) is 0 Å². The minimum atomic E-state index is -0.326. The maximum atomic E-state index is 11.7. The van der Waals surface area contributed by atoms with Crippen molar-refractivity contribution in [3.8, 4) is 0 Å². The summed E-state index contributed by atoms with van der Waals surface area (Å²) in [6, 6.07) is 6.79. The quantitative estimate of drug-likeness (QED) is 0.196. The minimum absolute atomic E-state index is 0.143. The second-order valence-electron chi connectivity index (χ2n) is 11.1. The fraction of sp³-hybridized carbons (Fsp3) is 0.710. The zero-order valence-corrected chi connectivity index (χ0v) is 21.8. The van der Waals surface area contributed by atoms with Crippen molar-refractivity contribution in [1.29, 1.82) is 0 Å². The van der Waals surface area contributed by atoms with Gasteiger partial charge in [-0.2, -0.15) is 0 Å². The van der Waals surface area contributed by atoms with E-state index in [4.69, 9.17) is 4.74 Å². The van der Waals surface area contributed by atoms with E-state index in [2.05, 4.69) is 31.7 Å². The molecule has 0 aromatic heterocycles. The van der Waals surface area contributed by atoms with E-state index in [1.807, 2.05) is 0 Å². The number of carbonyl (C=O) groups excluding carboxylic acids is 1. The van der Waals surface area contributed by atoms with Crippen molar-refractivity contribution in [2.75, 3.05) is 13.2 Å². The van der Waals surface area contributed by atoms with Crippen LogP contribution in [0.4, 0.5) is 0 Å². The Morgan fingerprint density at radius 1 is 0.971 bits per heavy atom. The van der Waals surface area contributed by atoms with Crippen molar-refractivity contribution in [2.45, 2.75) is 110 Å². The molecule has 0 spiro atoms. The lowest BCUT2D eigenvalue weighted by Crippen LogP contribution is -2.25. The fourth-order valence-electron chi connectivity index (χ4n) is 6.43. The molecule has 0 radical (unpaired) electrons. The van der Waals surface area contributed by atoms with E-state index >= 15 is 0 Å². The first-order valence-electron chi connectivity index (χ1n) is 14.1. The normalized spacial score (nSPS) is 25.1. The standard InChI is InChI=1S/C31H48O3/c1-4-5-6-7-24-8-10-25(11-9-24)26-12-14-27(15-13-26)29-17-16-28(18-20-32)30(22-29)19-21-34-31(33)23(2)3/h16-17,22,24-27,32H,2,4-15,18-21H2,1,3H3. The number of carbonyl (C=O) groups is 1. The molecule has 0 atom stereocenters. The Bertz CT molecular complexity index is 767. The molecule has 3 nitrogen and oxygen atoms in total. The number of unbranched alkanes of at least 4 members (excludes halogenated alkanes) is 2. The highest BCUT2D eigenvalue weighted by Crippen LogP contribution is 2.44. The topological polar surface area (TPSA) is 46.5 Å². The molecule has 3 rings (SSSR count). The number of esters is 1. The Labute approximate surface area is 208 Å². The van der Waals surface area contributed by atoms with Crippen LogP contribution in [0.2, 0.25) is 0 Å². The number of benzene rings is 1. The molecule has 0 bridgehead atoms. The van der Waals surface area contributed by atoms with Crippen LogP contribution < -0.4 is 0 Å². The van der Waals surface area contributed by atoms with Gasteiger partial charge in [0, 0.05) is 18.6 Å². The maximum Gasteiger partial charge on any atom is 0.333 e. The highest BCUT2D eigenvalue weighted by molar-refractivity contribution is 5.86. The average molecular weight is 469 g/mol. The highest BCUT2D eigenvalue weighted by atomic mass is 16.5. The largest absolute Gasteiger partial charge is 0.462 e. The maximum absolute atomic E-state index is 11.7. The van der Waals surface area contributed by atoms with Gasteiger partial charge in [-0.15, -0.1) is 0 Å². The molecule has 1 aromatic carbocycles. The first-order valence-corrected chi connectivity index (χ1v) is 14.1. The van der Waals surface area contributed by atoms with Gasteiger partial charge in [-0.05, 0) is 92.2 Å². The summed E-state index contributed by atoms with van der Waals surface area (Å²) < 4.78 is 5.34. The average Bonchev–Trinajstić information content (AvgIpc) is 2.85. The third-order valence-electron chi connectivity index (χ3n) is 8.58. The van der Waals surface area contributed by atoms with Crippen molar-refractivity contribution in [3.63, 3.8) is 0 Å². The number of aliphatic hydroxyl groups is 1. The van der Waals surface area contributed by atoms with Crippen LogP contribution in [0.3, 0.4) is 0 Å². The molecule has 2 fully saturated rings. The lowest BCUT2D eigenvalue weighted by atomic mass is 9.68. The van der Waals surface area contributed by atoms with Crippen LogP contribution in [-0.2, 0) is 22.4 Å². The summed E-state index contributed by atoms with van der Waals surface area (Å²) in [5, 5.41) is 9.47. The van der Waals surface area contributed by atoms with Gasteiger partial charge in [-0.25, -0.2) is 4.79 Å². The van der Waals surface area contributed by atoms with Gasteiger partial charge in [0.25, 0.3) is 0 Å². The fourth-order valence-corrected chi connectivity index (χ4v) is 6.43. The summed E-state index contributed by atoms with van der Waals surface area (Å²) in [5.41, 5.74) is 4.25. The monoisotopic (exact) mass is 468 g/mol. The van der Waals surface area contributed by atoms with Crippen LogP contribution in [0.1, 0.15) is 114 Å². The molecule has 2 saturated carbocycles. The Balaban J connectivity index is 1.50. The van der Waals surface area contributed by atoms with Crippen molar-refractivity contribution in [2.24, 2.45) is 17.8 Å². The Morgan fingerprint density at radius 3 is 2.26 bits per heavy atom. The number of rotatable bonds is 12. The van der Waals surface area contributed by atoms with Crippen LogP contribution in [0.15, 0.2) is 30.4 Å². The molecule has 190 valence electrons. The van der Waals surface area contributed by atoms with Crippen LogP contribution in [0, 0.1) is 17.8 Å². The summed E-state index contributed by atoms with van der Waals surface area (Å²) in [5.74, 6) is 3.22. The highest BCUT2D eigenvalue weighted by Gasteiger charge is 2.31. The lowest BCUT2D eigenvalue weighted by Gasteiger charge is -2.38. The predicted molar refractivity (Wildman–Crippen MR) is 141 cm³/mol. The molecule has 2 aliphatic carbocycles. The molecule has 0 unspecified atom stereocenters. The first kappa shape index (κ1) is 27.0. The smallest absolute Gasteiger partial charge is 0.333 e. The van der Waals surface area contributed by atoms with Crippen LogP contribution in [0.25, 0.3) is 0 Å². The number of hydrogen-bond donors (Lipinski definition) is 1. The molecule has 3 heteroatoms. The van der Waals surface area contributed by atoms with E-state index in [0.29, 0.717) is 30.9 Å². The molecule has 34 heavy (non-hydrogen) atoms. The van der Waals surface area contributed by atoms with Gasteiger partial charge >= 0.3 is 5.97 Å². The molecule has 1 N–H and O–H groups in total. The molecule has 0 heterocycles. The zero-order chi connectivity index (χ0) is 24.3. The van der Waals surface area contributed by atoms with Crippen LogP contribution >= 0.6 is 0 Å². The van der Waals surface area contributed by atoms with Crippen LogP contribution in [-0.4, -0.2) is 24.3 Å². The molecule has 0 aliphatic heterocycles. The molecule has 1 aromatic rings. The van der Waals surface area contributed by atoms with Crippen LogP contribution in [0.5, 0.6) is 0 Å². The Morgan fingerprint density at radius 2 is 1.65 bits per heavy atom. The third kappa shape index (κ3) is 7.97. The summed E-state index contributed by atoms with van der Waals surface area (Å²) in [4.78, 5) is 11.7. The van der Waals surface area contributed by atoms with Gasteiger partial charge in [0.1, 0.15) is 0 Å². The van der Waals surface area contributed by atoms with Gasteiger partial charge in [0.15, 0.2) is 0 Å². The summed E-state index contributed by atoms with van der Waals surface area (Å²) in [6.07, 6.45) is 18.2. The first-order chi connectivity index (χ1) is 16.5. The van der Waals surface area contributed by atoms with Crippen molar-refractivity contribution in [3.05, 3.63) is 47.0 Å². The molecule has 0 amide bonds. The summed E-state index contributed by atoms with van der Waals surface area (Å²) >= 11 is 0. The van der Waals surface area contributed by atoms with Gasteiger partial charge in [-0.3, -0.25) is 0 Å². The Hall–Kier alpha value is -1.61. The van der Waals surface area contributed by atoms with Crippen molar-refractivity contribution >= 4 is 5.97 Å². The second-order valence-corrected chi connectivity index (χ2v) is 11.1. The van der Waals surface area contributed by atoms with Gasteiger partial charge in [0.05, 0.1) is 6.61 Å². The molecule has 2 aliphatic rings. The molecule has 0 saturated heterocycles. The van der Waals surface area contributed by atoms with Crippen molar-refractivity contribution < 1.29 is 14.6 Å². The van der Waals surface area contributed by atoms with E-state index < -0.39 is 0 Å². The molecular weight excluding hydrogens is 420 g/mol. The van der Waals surface area contributed by atoms with Gasteiger partial charge in [0.2, 0.25) is 0 Å². The number of aliphatic hydroxyl groups excluding tert-OH is 1. The van der Waals surface area contributed by atoms with E-state index in [1.54, 1.807) is 6.92 Å². The number of ether oxygens (including phenoxy) is 1. The van der Waals surface area contributed by atoms with E-state index in [0.717, 1.165) is 17.8 Å². The van der Waals surface area contributed by atoms with Gasteiger partial charge < -0.3 is 9.84 Å². The predicted octanol–water partition coefficient (Wildman–Crippen LogP) is 7.54. The Kier molecular flexibility index (Phi) is 11.2. The van der Waals surface area contributed by atoms with Gasteiger partial charge in [-0.1, -0.05) is 70.2 Å². The minimum Gasteiger partial charge on any atom is -0.462 e. The van der Waals surface area contributed by atoms with E-state index in [-0.39, 0.29) is 12.6 Å². The summed E-state index contributed by atoms with van der Waals surface area (Å²) in [6.45, 7) is 8.14. The lowest BCUT2D eigenvalue weighted by molar-refractivity contribution is -0.138. The third-order valence-corrected chi connectivity index (χ3v) is 8.58. The SMILES string of the molecule is C=C(C)C(=O)OCCc1cc(C2CCC(C3CCC(CCCCC)CC3)CC2)ccc1CCO. The molecular formula is C31H48O3. The van der Waals surface area contributed by atoms with E-state index in [9.17, 15) is 9.90 Å².